The second-order valence-corrected chi connectivity index (χ2v) is 7.41. The average molecular weight is 382 g/mol. The van der Waals surface area contributed by atoms with Gasteiger partial charge in [0.15, 0.2) is 0 Å². The Balaban J connectivity index is 1.62. The molecule has 0 spiro atoms. The third kappa shape index (κ3) is 5.57. The highest BCUT2D eigenvalue weighted by molar-refractivity contribution is 5.76. The molecule has 1 aliphatic heterocycles. The molecule has 1 heterocycles. The van der Waals surface area contributed by atoms with E-state index in [0.717, 1.165) is 24.4 Å². The number of hydrogen-bond donors (Lipinski definition) is 2. The topological polar surface area (TPSA) is 67.6 Å². The first-order valence-corrected chi connectivity index (χ1v) is 10.1. The standard InChI is InChI=1S/C23H31N3O2/c1-28-20-12-10-19(11-13-20)22(26-14-6-3-7-15-26)17-25-23(27)16-21(24)18-8-4-2-5-9-18/h2,4-5,8-13,21-22H,3,6-7,14-17,24H2,1H3,(H,25,27). The van der Waals surface area contributed by atoms with Crippen molar-refractivity contribution in [2.45, 2.75) is 37.8 Å². The van der Waals surface area contributed by atoms with Crippen LogP contribution in [0.1, 0.15) is 48.9 Å². The number of carbonyl (C=O) groups is 1. The molecule has 1 saturated heterocycles. The Bertz CT molecular complexity index is 727. The predicted octanol–water partition coefficient (Wildman–Crippen LogP) is 3.43. The van der Waals surface area contributed by atoms with Crippen molar-refractivity contribution in [1.82, 2.24) is 10.2 Å². The van der Waals surface area contributed by atoms with Crippen LogP contribution in [0.2, 0.25) is 0 Å². The Labute approximate surface area is 167 Å². The summed E-state index contributed by atoms with van der Waals surface area (Å²) in [5.41, 5.74) is 8.39. The highest BCUT2D eigenvalue weighted by Crippen LogP contribution is 2.26. The molecule has 28 heavy (non-hydrogen) atoms. The van der Waals surface area contributed by atoms with Gasteiger partial charge in [-0.05, 0) is 49.2 Å². The summed E-state index contributed by atoms with van der Waals surface area (Å²) >= 11 is 0. The number of nitrogens with zero attached hydrogens (tertiary/aromatic N) is 1. The molecule has 0 bridgehead atoms. The summed E-state index contributed by atoms with van der Waals surface area (Å²) < 4.78 is 5.28. The Kier molecular flexibility index (Phi) is 7.46. The number of rotatable bonds is 8. The van der Waals surface area contributed by atoms with Crippen molar-refractivity contribution in [2.24, 2.45) is 5.73 Å². The smallest absolute Gasteiger partial charge is 0.221 e. The molecule has 5 heteroatoms. The zero-order valence-corrected chi connectivity index (χ0v) is 16.6. The number of likely N-dealkylation sites (tertiary alicyclic amines) is 1. The zero-order chi connectivity index (χ0) is 19.8. The van der Waals surface area contributed by atoms with Gasteiger partial charge >= 0.3 is 0 Å². The lowest BCUT2D eigenvalue weighted by atomic mass is 10.0. The van der Waals surface area contributed by atoms with E-state index in [9.17, 15) is 4.79 Å². The summed E-state index contributed by atoms with van der Waals surface area (Å²) in [7, 11) is 1.67. The molecule has 0 aromatic heterocycles. The fraction of sp³-hybridized carbons (Fsp3) is 0.435. The van der Waals surface area contributed by atoms with Crippen molar-refractivity contribution in [2.75, 3.05) is 26.7 Å². The maximum absolute atomic E-state index is 12.5. The van der Waals surface area contributed by atoms with Crippen LogP contribution in [0.5, 0.6) is 5.75 Å². The first kappa shape index (κ1) is 20.4. The van der Waals surface area contributed by atoms with Crippen LogP contribution in [0.4, 0.5) is 0 Å². The Hall–Kier alpha value is -2.37. The third-order valence-electron chi connectivity index (χ3n) is 5.46. The lowest BCUT2D eigenvalue weighted by Gasteiger charge is -2.35. The van der Waals surface area contributed by atoms with Crippen LogP contribution in [0.15, 0.2) is 54.6 Å². The van der Waals surface area contributed by atoms with E-state index in [2.05, 4.69) is 22.3 Å². The van der Waals surface area contributed by atoms with Gasteiger partial charge in [-0.15, -0.1) is 0 Å². The van der Waals surface area contributed by atoms with Crippen LogP contribution in [0.3, 0.4) is 0 Å². The van der Waals surface area contributed by atoms with Crippen LogP contribution in [0.25, 0.3) is 0 Å². The number of piperidine rings is 1. The lowest BCUT2D eigenvalue weighted by Crippen LogP contribution is -2.41. The van der Waals surface area contributed by atoms with Gasteiger partial charge < -0.3 is 15.8 Å². The molecule has 1 amide bonds. The minimum absolute atomic E-state index is 0.00752. The minimum atomic E-state index is -0.282. The zero-order valence-electron chi connectivity index (χ0n) is 16.6. The van der Waals surface area contributed by atoms with Gasteiger partial charge in [0.05, 0.1) is 13.2 Å². The maximum atomic E-state index is 12.5. The molecular formula is C23H31N3O2. The second-order valence-electron chi connectivity index (χ2n) is 7.41. The van der Waals surface area contributed by atoms with E-state index in [1.807, 2.05) is 42.5 Å². The van der Waals surface area contributed by atoms with Gasteiger partial charge in [-0.2, -0.15) is 0 Å². The summed E-state index contributed by atoms with van der Waals surface area (Å²) in [5.74, 6) is 0.839. The molecular weight excluding hydrogens is 350 g/mol. The molecule has 2 aromatic carbocycles. The molecule has 3 N–H and O–H groups in total. The van der Waals surface area contributed by atoms with E-state index >= 15 is 0 Å². The largest absolute Gasteiger partial charge is 0.497 e. The molecule has 5 nitrogen and oxygen atoms in total. The average Bonchev–Trinajstić information content (AvgIpc) is 2.75. The second kappa shape index (κ2) is 10.2. The van der Waals surface area contributed by atoms with Gasteiger partial charge in [-0.25, -0.2) is 0 Å². The Morgan fingerprint density at radius 3 is 2.36 bits per heavy atom. The van der Waals surface area contributed by atoms with Crippen molar-refractivity contribution >= 4 is 5.91 Å². The van der Waals surface area contributed by atoms with Crippen molar-refractivity contribution in [3.8, 4) is 5.75 Å². The van der Waals surface area contributed by atoms with Gasteiger partial charge in [0.25, 0.3) is 0 Å². The van der Waals surface area contributed by atoms with Crippen LogP contribution < -0.4 is 15.8 Å². The van der Waals surface area contributed by atoms with E-state index in [-0.39, 0.29) is 18.0 Å². The van der Waals surface area contributed by atoms with Crippen LogP contribution in [-0.4, -0.2) is 37.6 Å². The highest BCUT2D eigenvalue weighted by atomic mass is 16.5. The summed E-state index contributed by atoms with van der Waals surface area (Å²) in [4.78, 5) is 15.0. The molecule has 3 rings (SSSR count). The number of hydrogen-bond acceptors (Lipinski definition) is 4. The summed E-state index contributed by atoms with van der Waals surface area (Å²) in [6.45, 7) is 2.72. The minimum Gasteiger partial charge on any atom is -0.497 e. The quantitative estimate of drug-likeness (QED) is 0.735. The molecule has 2 unspecified atom stereocenters. The molecule has 2 aromatic rings. The van der Waals surface area contributed by atoms with Gasteiger partial charge in [0.2, 0.25) is 5.91 Å². The van der Waals surface area contributed by atoms with Gasteiger partial charge in [-0.1, -0.05) is 48.9 Å². The number of benzene rings is 2. The summed E-state index contributed by atoms with van der Waals surface area (Å²) in [5, 5.41) is 3.12. The fourth-order valence-electron chi connectivity index (χ4n) is 3.81. The number of amides is 1. The number of nitrogens with one attached hydrogen (secondary N) is 1. The fourth-order valence-corrected chi connectivity index (χ4v) is 3.81. The Morgan fingerprint density at radius 2 is 1.71 bits per heavy atom. The maximum Gasteiger partial charge on any atom is 0.221 e. The highest BCUT2D eigenvalue weighted by Gasteiger charge is 2.23. The monoisotopic (exact) mass is 381 g/mol. The molecule has 0 saturated carbocycles. The van der Waals surface area contributed by atoms with E-state index in [1.54, 1.807) is 7.11 Å². The molecule has 2 atom stereocenters. The lowest BCUT2D eigenvalue weighted by molar-refractivity contribution is -0.121. The normalized spacial score (nSPS) is 16.9. The van der Waals surface area contributed by atoms with Crippen molar-refractivity contribution in [3.63, 3.8) is 0 Å². The van der Waals surface area contributed by atoms with E-state index < -0.39 is 0 Å². The van der Waals surface area contributed by atoms with Gasteiger partial charge in [-0.3, -0.25) is 9.69 Å². The van der Waals surface area contributed by atoms with Crippen molar-refractivity contribution in [1.29, 1.82) is 0 Å². The van der Waals surface area contributed by atoms with Crippen molar-refractivity contribution < 1.29 is 9.53 Å². The summed E-state index contributed by atoms with van der Waals surface area (Å²) in [6.07, 6.45) is 3.99. The van der Waals surface area contributed by atoms with Gasteiger partial charge in [0, 0.05) is 19.0 Å². The van der Waals surface area contributed by atoms with Crippen LogP contribution in [0, 0.1) is 0 Å². The van der Waals surface area contributed by atoms with Gasteiger partial charge in [0.1, 0.15) is 5.75 Å². The molecule has 0 aliphatic carbocycles. The molecule has 1 aliphatic rings. The van der Waals surface area contributed by atoms with E-state index in [1.165, 1.54) is 24.8 Å². The third-order valence-corrected chi connectivity index (χ3v) is 5.46. The van der Waals surface area contributed by atoms with Crippen LogP contribution >= 0.6 is 0 Å². The van der Waals surface area contributed by atoms with E-state index in [4.69, 9.17) is 10.5 Å². The number of nitrogens with two attached hydrogens (primary N) is 1. The van der Waals surface area contributed by atoms with Crippen LogP contribution in [-0.2, 0) is 4.79 Å². The van der Waals surface area contributed by atoms with Crippen molar-refractivity contribution in [3.05, 3.63) is 65.7 Å². The summed E-state index contributed by atoms with van der Waals surface area (Å²) in [6, 6.07) is 17.8. The predicted molar refractivity (Wildman–Crippen MR) is 112 cm³/mol. The number of methoxy groups -OCH3 is 1. The number of ether oxygens (including phenoxy) is 1. The number of carbonyl (C=O) groups excluding carboxylic acids is 1. The Morgan fingerprint density at radius 1 is 1.04 bits per heavy atom. The SMILES string of the molecule is COc1ccc(C(CNC(=O)CC(N)c2ccccc2)N2CCCCC2)cc1. The van der Waals surface area contributed by atoms with E-state index in [0.29, 0.717) is 13.0 Å². The molecule has 150 valence electrons. The molecule has 1 fully saturated rings. The molecule has 0 radical (unpaired) electrons. The first-order valence-electron chi connectivity index (χ1n) is 10.1. The first-order chi connectivity index (χ1) is 13.7.